The Balaban J connectivity index is 1.35. The van der Waals surface area contributed by atoms with Crippen LogP contribution in [0.1, 0.15) is 57.8 Å². The molecule has 27 heavy (non-hydrogen) atoms. The number of morpholine rings is 1. The number of hydrogen-bond acceptors (Lipinski definition) is 5. The van der Waals surface area contributed by atoms with E-state index in [2.05, 4.69) is 9.80 Å². The van der Waals surface area contributed by atoms with Crippen LogP contribution in [0.25, 0.3) is 0 Å². The Labute approximate surface area is 164 Å². The van der Waals surface area contributed by atoms with Gasteiger partial charge in [0.05, 0.1) is 25.4 Å². The summed E-state index contributed by atoms with van der Waals surface area (Å²) < 4.78 is 11.3. The van der Waals surface area contributed by atoms with E-state index in [1.54, 1.807) is 0 Å². The molecule has 1 saturated carbocycles. The van der Waals surface area contributed by atoms with Gasteiger partial charge in [-0.1, -0.05) is 32.1 Å². The third-order valence-corrected chi connectivity index (χ3v) is 7.29. The van der Waals surface area contributed by atoms with Crippen molar-refractivity contribution in [2.45, 2.75) is 69.9 Å². The van der Waals surface area contributed by atoms with Gasteiger partial charge in [0, 0.05) is 19.6 Å². The van der Waals surface area contributed by atoms with Gasteiger partial charge in [-0.05, 0) is 50.6 Å². The smallest absolute Gasteiger partial charge is 0.178 e. The highest BCUT2D eigenvalue weighted by atomic mass is 16.5. The van der Waals surface area contributed by atoms with E-state index in [4.69, 9.17) is 9.47 Å². The molecule has 0 spiro atoms. The van der Waals surface area contributed by atoms with E-state index in [0.717, 1.165) is 51.7 Å². The number of rotatable bonds is 7. The van der Waals surface area contributed by atoms with Gasteiger partial charge in [-0.3, -0.25) is 14.6 Å². The number of carbonyl (C=O) groups is 1. The molecule has 1 aliphatic carbocycles. The van der Waals surface area contributed by atoms with Crippen LogP contribution in [0.15, 0.2) is 0 Å². The largest absolute Gasteiger partial charge is 0.379 e. The first-order chi connectivity index (χ1) is 13.3. The zero-order valence-electron chi connectivity index (χ0n) is 16.9. The molecule has 3 atom stereocenters. The zero-order valence-corrected chi connectivity index (χ0v) is 16.9. The summed E-state index contributed by atoms with van der Waals surface area (Å²) in [6.45, 7) is 7.63. The fourth-order valence-electron chi connectivity index (χ4n) is 5.79. The number of piperidine rings is 1. The molecule has 0 N–H and O–H groups in total. The van der Waals surface area contributed by atoms with Gasteiger partial charge in [0.15, 0.2) is 5.78 Å². The highest BCUT2D eigenvalue weighted by Gasteiger charge is 2.42. The van der Waals surface area contributed by atoms with E-state index >= 15 is 0 Å². The maximum Gasteiger partial charge on any atom is 0.178 e. The van der Waals surface area contributed by atoms with Gasteiger partial charge >= 0.3 is 0 Å². The molecule has 3 aliphatic heterocycles. The molecule has 5 nitrogen and oxygen atoms in total. The Kier molecular flexibility index (Phi) is 7.20. The van der Waals surface area contributed by atoms with Crippen LogP contribution >= 0.6 is 0 Å². The lowest BCUT2D eigenvalue weighted by molar-refractivity contribution is -0.122. The van der Waals surface area contributed by atoms with Gasteiger partial charge in [-0.2, -0.15) is 0 Å². The van der Waals surface area contributed by atoms with Crippen LogP contribution in [0.5, 0.6) is 0 Å². The van der Waals surface area contributed by atoms with E-state index in [9.17, 15) is 4.79 Å². The monoisotopic (exact) mass is 378 g/mol. The predicted octanol–water partition coefficient (Wildman–Crippen LogP) is 2.73. The molecule has 3 saturated heterocycles. The van der Waals surface area contributed by atoms with Gasteiger partial charge in [0.1, 0.15) is 6.61 Å². The summed E-state index contributed by atoms with van der Waals surface area (Å²) in [5, 5.41) is 0. The van der Waals surface area contributed by atoms with Crippen LogP contribution in [0.4, 0.5) is 0 Å². The fourth-order valence-corrected chi connectivity index (χ4v) is 5.79. The van der Waals surface area contributed by atoms with E-state index in [1.807, 2.05) is 0 Å². The number of Topliss-reactive ketones (excluding diaryl/α,β-unsaturated/α-hetero) is 1. The van der Waals surface area contributed by atoms with Crippen molar-refractivity contribution in [3.05, 3.63) is 0 Å². The molecule has 0 bridgehead atoms. The van der Waals surface area contributed by atoms with Crippen LogP contribution in [-0.2, 0) is 14.3 Å². The SMILES string of the molecule is O=C1COC2CCCN(C[C@@H](CCN3CCOCC3)CC3CCCCC3)C12. The molecule has 0 aromatic rings. The number of carbonyl (C=O) groups excluding carboxylic acids is 1. The second kappa shape index (κ2) is 9.82. The molecule has 5 heteroatoms. The Morgan fingerprint density at radius 1 is 1.00 bits per heavy atom. The Bertz CT molecular complexity index is 474. The summed E-state index contributed by atoms with van der Waals surface area (Å²) in [5.74, 6) is 1.94. The summed E-state index contributed by atoms with van der Waals surface area (Å²) >= 11 is 0. The summed E-state index contributed by atoms with van der Waals surface area (Å²) in [6, 6.07) is 0.0518. The quantitative estimate of drug-likeness (QED) is 0.681. The highest BCUT2D eigenvalue weighted by Crippen LogP contribution is 2.33. The van der Waals surface area contributed by atoms with Gasteiger partial charge < -0.3 is 9.47 Å². The summed E-state index contributed by atoms with van der Waals surface area (Å²) in [7, 11) is 0. The lowest BCUT2D eigenvalue weighted by atomic mass is 9.81. The minimum absolute atomic E-state index is 0.0518. The maximum absolute atomic E-state index is 12.4. The second-order valence-electron chi connectivity index (χ2n) is 9.25. The molecular weight excluding hydrogens is 340 g/mol. The lowest BCUT2D eigenvalue weighted by Crippen LogP contribution is -2.51. The maximum atomic E-state index is 12.4. The molecule has 4 aliphatic rings. The second-order valence-corrected chi connectivity index (χ2v) is 9.25. The van der Waals surface area contributed by atoms with Crippen molar-refractivity contribution in [3.8, 4) is 0 Å². The topological polar surface area (TPSA) is 42.0 Å². The summed E-state index contributed by atoms with van der Waals surface area (Å²) in [6.07, 6.45) is 12.1. The first kappa shape index (κ1) is 19.8. The fraction of sp³-hybridized carbons (Fsp3) is 0.955. The van der Waals surface area contributed by atoms with Gasteiger partial charge in [-0.25, -0.2) is 0 Å². The first-order valence-electron chi connectivity index (χ1n) is 11.5. The van der Waals surface area contributed by atoms with Crippen LogP contribution in [0.2, 0.25) is 0 Å². The molecule has 0 radical (unpaired) electrons. The zero-order chi connectivity index (χ0) is 18.5. The minimum Gasteiger partial charge on any atom is -0.379 e. The van der Waals surface area contributed by atoms with Gasteiger partial charge in [0.2, 0.25) is 0 Å². The third-order valence-electron chi connectivity index (χ3n) is 7.29. The Morgan fingerprint density at radius 2 is 1.81 bits per heavy atom. The third kappa shape index (κ3) is 5.31. The molecular formula is C22H38N2O3. The molecule has 2 unspecified atom stereocenters. The van der Waals surface area contributed by atoms with Crippen molar-refractivity contribution in [1.82, 2.24) is 9.80 Å². The molecule has 0 amide bonds. The van der Waals surface area contributed by atoms with Crippen molar-refractivity contribution in [2.24, 2.45) is 11.8 Å². The standard InChI is InChI=1S/C22H38N2O3/c25-20-17-27-21-7-4-9-24(22(20)21)16-19(15-18-5-2-1-3-6-18)8-10-23-11-13-26-14-12-23/h18-19,21-22H,1-17H2/t19-,21?,22?/m0/s1. The molecule has 3 heterocycles. The van der Waals surface area contributed by atoms with Gasteiger partial charge in [0.25, 0.3) is 0 Å². The molecule has 4 fully saturated rings. The first-order valence-corrected chi connectivity index (χ1v) is 11.5. The molecule has 0 aromatic heterocycles. The molecule has 0 aromatic carbocycles. The van der Waals surface area contributed by atoms with E-state index in [-0.39, 0.29) is 12.1 Å². The average molecular weight is 379 g/mol. The normalized spacial score (nSPS) is 32.5. The van der Waals surface area contributed by atoms with Crippen molar-refractivity contribution in [3.63, 3.8) is 0 Å². The van der Waals surface area contributed by atoms with Crippen LogP contribution in [0.3, 0.4) is 0 Å². The number of ether oxygens (including phenoxy) is 2. The average Bonchev–Trinajstić information content (AvgIpc) is 3.10. The van der Waals surface area contributed by atoms with Crippen LogP contribution in [-0.4, -0.2) is 80.3 Å². The highest BCUT2D eigenvalue weighted by molar-refractivity contribution is 5.87. The number of fused-ring (bicyclic) bond motifs is 1. The van der Waals surface area contributed by atoms with Crippen molar-refractivity contribution in [1.29, 1.82) is 0 Å². The number of likely N-dealkylation sites (tertiary alicyclic amines) is 1. The minimum atomic E-state index is 0.0518. The van der Waals surface area contributed by atoms with Crippen molar-refractivity contribution in [2.75, 3.05) is 52.5 Å². The van der Waals surface area contributed by atoms with Crippen LogP contribution < -0.4 is 0 Å². The molecule has 154 valence electrons. The van der Waals surface area contributed by atoms with E-state index in [1.165, 1.54) is 57.9 Å². The number of ketones is 1. The molecule has 4 rings (SSSR count). The number of hydrogen-bond donors (Lipinski definition) is 0. The Morgan fingerprint density at radius 3 is 2.63 bits per heavy atom. The summed E-state index contributed by atoms with van der Waals surface area (Å²) in [4.78, 5) is 17.5. The van der Waals surface area contributed by atoms with Crippen LogP contribution in [0, 0.1) is 11.8 Å². The van der Waals surface area contributed by atoms with E-state index < -0.39 is 0 Å². The van der Waals surface area contributed by atoms with Crippen molar-refractivity contribution >= 4 is 5.78 Å². The predicted molar refractivity (Wildman–Crippen MR) is 106 cm³/mol. The summed E-state index contributed by atoms with van der Waals surface area (Å²) in [5.41, 5.74) is 0. The van der Waals surface area contributed by atoms with Gasteiger partial charge in [-0.15, -0.1) is 0 Å². The van der Waals surface area contributed by atoms with E-state index in [0.29, 0.717) is 18.3 Å². The number of nitrogens with zero attached hydrogens (tertiary/aromatic N) is 2. The Hall–Kier alpha value is -0.490. The lowest BCUT2D eigenvalue weighted by Gasteiger charge is -2.39. The van der Waals surface area contributed by atoms with Crippen molar-refractivity contribution < 1.29 is 14.3 Å².